The van der Waals surface area contributed by atoms with Crippen molar-refractivity contribution in [1.29, 1.82) is 0 Å². The molecule has 7 N–H and O–H groups in total. The van der Waals surface area contributed by atoms with Crippen LogP contribution in [0.1, 0.15) is 17.2 Å². The van der Waals surface area contributed by atoms with Crippen LogP contribution < -0.4 is 9.47 Å². The third-order valence-electron chi connectivity index (χ3n) is 7.03. The van der Waals surface area contributed by atoms with E-state index in [2.05, 4.69) is 0 Å². The molecule has 0 saturated carbocycles. The molecule has 13 heteroatoms. The summed E-state index contributed by atoms with van der Waals surface area (Å²) in [6, 6.07) is 7.47. The Morgan fingerprint density at radius 2 is 1.63 bits per heavy atom. The number of carbonyl (C=O) groups excluding carboxylic acids is 1. The van der Waals surface area contributed by atoms with Crippen molar-refractivity contribution in [3.05, 3.63) is 41.5 Å². The highest BCUT2D eigenvalue weighted by atomic mass is 16.7. The van der Waals surface area contributed by atoms with Crippen LogP contribution in [0, 0.1) is 11.8 Å². The molecule has 0 aromatic heterocycles. The van der Waals surface area contributed by atoms with Crippen molar-refractivity contribution < 1.29 is 64.2 Å². The fourth-order valence-corrected chi connectivity index (χ4v) is 4.99. The summed E-state index contributed by atoms with van der Waals surface area (Å²) in [6.45, 7) is -0.605. The van der Waals surface area contributed by atoms with E-state index in [0.717, 1.165) is 17.7 Å². The van der Waals surface area contributed by atoms with E-state index >= 15 is 0 Å². The van der Waals surface area contributed by atoms with Gasteiger partial charge in [0.05, 0.1) is 25.2 Å². The molecule has 3 aliphatic rings. The molecule has 0 spiro atoms. The van der Waals surface area contributed by atoms with Gasteiger partial charge in [0.1, 0.15) is 24.4 Å². The molecule has 3 aliphatic heterocycles. The summed E-state index contributed by atoms with van der Waals surface area (Å²) in [6.07, 6.45) is -9.08. The van der Waals surface area contributed by atoms with Crippen LogP contribution in [0.5, 0.6) is 28.7 Å². The maximum atomic E-state index is 13.0. The predicted molar refractivity (Wildman–Crippen MR) is 123 cm³/mol. The normalized spacial score (nSPS) is 31.3. The van der Waals surface area contributed by atoms with Crippen molar-refractivity contribution in [3.8, 4) is 28.7 Å². The van der Waals surface area contributed by atoms with Crippen LogP contribution in [0.3, 0.4) is 0 Å². The average molecular weight is 536 g/mol. The van der Waals surface area contributed by atoms with E-state index in [-0.39, 0.29) is 19.0 Å². The van der Waals surface area contributed by atoms with Gasteiger partial charge in [-0.25, -0.2) is 0 Å². The number of rotatable bonds is 7. The number of hydrogen-bond donors (Lipinski definition) is 7. The number of hydrogen-bond acceptors (Lipinski definition) is 13. The zero-order valence-corrected chi connectivity index (χ0v) is 19.9. The van der Waals surface area contributed by atoms with Gasteiger partial charge < -0.3 is 59.4 Å². The van der Waals surface area contributed by atoms with Gasteiger partial charge in [-0.3, -0.25) is 4.79 Å². The number of phenols is 3. The van der Waals surface area contributed by atoms with E-state index in [4.69, 9.17) is 23.7 Å². The van der Waals surface area contributed by atoms with Crippen LogP contribution >= 0.6 is 0 Å². The van der Waals surface area contributed by atoms with Gasteiger partial charge in [0.25, 0.3) is 0 Å². The minimum absolute atomic E-state index is 0.00251. The quantitative estimate of drug-likeness (QED) is 0.175. The number of carbonyl (C=O) groups is 1. The van der Waals surface area contributed by atoms with E-state index in [1.807, 2.05) is 0 Å². The number of aliphatic hydroxyl groups is 4. The van der Waals surface area contributed by atoms with Crippen LogP contribution in [0.15, 0.2) is 30.3 Å². The first-order valence-electron chi connectivity index (χ1n) is 11.9. The number of esters is 1. The van der Waals surface area contributed by atoms with Crippen molar-refractivity contribution in [2.45, 2.75) is 43.2 Å². The lowest BCUT2D eigenvalue weighted by Gasteiger charge is -2.41. The average Bonchev–Trinajstić information content (AvgIpc) is 3.51. The Balaban J connectivity index is 1.49. The molecular weight excluding hydrogens is 508 g/mol. The lowest BCUT2D eigenvalue weighted by Crippen LogP contribution is -2.59. The van der Waals surface area contributed by atoms with Gasteiger partial charge in [0.15, 0.2) is 35.0 Å². The van der Waals surface area contributed by atoms with Gasteiger partial charge in [-0.1, -0.05) is 6.07 Å². The summed E-state index contributed by atoms with van der Waals surface area (Å²) in [4.78, 5) is 13.0. The molecule has 8 atom stereocenters. The Hall–Kier alpha value is -3.33. The number of phenolic OH excluding ortho intramolecular Hbond substituents is 3. The fraction of sp³-hybridized carbons (Fsp3) is 0.480. The fourth-order valence-electron chi connectivity index (χ4n) is 4.99. The summed E-state index contributed by atoms with van der Waals surface area (Å²) in [5.41, 5.74) is 0.833. The summed E-state index contributed by atoms with van der Waals surface area (Å²) in [5.74, 6) is -3.27. The van der Waals surface area contributed by atoms with Gasteiger partial charge in [0, 0.05) is 5.92 Å². The molecular formula is C25H28O13. The third kappa shape index (κ3) is 4.79. The lowest BCUT2D eigenvalue weighted by molar-refractivity contribution is -0.316. The molecule has 0 amide bonds. The second-order valence-electron chi connectivity index (χ2n) is 9.47. The molecule has 2 aromatic rings. The second-order valence-corrected chi connectivity index (χ2v) is 9.47. The van der Waals surface area contributed by atoms with Gasteiger partial charge in [-0.15, -0.1) is 0 Å². The lowest BCUT2D eigenvalue weighted by atomic mass is 9.82. The molecule has 2 aromatic carbocycles. The molecule has 2 fully saturated rings. The first-order valence-corrected chi connectivity index (χ1v) is 11.9. The van der Waals surface area contributed by atoms with Crippen LogP contribution in [0.2, 0.25) is 0 Å². The largest absolute Gasteiger partial charge is 0.504 e. The third-order valence-corrected chi connectivity index (χ3v) is 7.03. The molecule has 0 bridgehead atoms. The molecule has 13 nitrogen and oxygen atoms in total. The van der Waals surface area contributed by atoms with E-state index in [9.17, 15) is 40.5 Å². The van der Waals surface area contributed by atoms with Gasteiger partial charge in [-0.2, -0.15) is 0 Å². The van der Waals surface area contributed by atoms with Crippen LogP contribution in [-0.2, 0) is 25.4 Å². The zero-order valence-electron chi connectivity index (χ0n) is 19.9. The number of cyclic esters (lactones) is 1. The zero-order chi connectivity index (χ0) is 27.1. The van der Waals surface area contributed by atoms with Crippen LogP contribution in [0.25, 0.3) is 0 Å². The Kier molecular flexibility index (Phi) is 7.22. The molecule has 38 heavy (non-hydrogen) atoms. The highest BCUT2D eigenvalue weighted by Gasteiger charge is 2.49. The van der Waals surface area contributed by atoms with Crippen molar-refractivity contribution in [2.24, 2.45) is 11.8 Å². The Labute approximate surface area is 216 Å². The number of aromatic hydroxyl groups is 3. The summed E-state index contributed by atoms with van der Waals surface area (Å²) >= 11 is 0. The summed E-state index contributed by atoms with van der Waals surface area (Å²) < 4.78 is 27.6. The molecule has 2 saturated heterocycles. The maximum absolute atomic E-state index is 13.0. The predicted octanol–water partition coefficient (Wildman–Crippen LogP) is -0.578. The standard InChI is InChI=1S/C25H28O13/c26-7-17-20(30)21(31)22(32)25(37-17)38-23(11-5-13(27)19(29)14(28)6-11)18-12(8-34-24(18)33)3-10-1-2-15-16(4-10)36-9-35-15/h1-2,4-6,12,17-18,20-23,25-32H,3,7-9H2/t12-,17+,18-,20+,21-,22+,23+,25-/m0/s1. The van der Waals surface area contributed by atoms with Crippen molar-refractivity contribution in [1.82, 2.24) is 0 Å². The Morgan fingerprint density at radius 3 is 2.34 bits per heavy atom. The number of aliphatic hydroxyl groups excluding tert-OH is 4. The highest BCUT2D eigenvalue weighted by Crippen LogP contribution is 2.45. The highest BCUT2D eigenvalue weighted by molar-refractivity contribution is 5.76. The first kappa shape index (κ1) is 26.3. The van der Waals surface area contributed by atoms with E-state index in [0.29, 0.717) is 17.9 Å². The van der Waals surface area contributed by atoms with Crippen molar-refractivity contribution in [3.63, 3.8) is 0 Å². The van der Waals surface area contributed by atoms with Crippen LogP contribution in [0.4, 0.5) is 0 Å². The minimum atomic E-state index is -1.78. The van der Waals surface area contributed by atoms with Crippen LogP contribution in [-0.4, -0.2) is 92.4 Å². The smallest absolute Gasteiger partial charge is 0.312 e. The van der Waals surface area contributed by atoms with Gasteiger partial charge >= 0.3 is 5.97 Å². The summed E-state index contributed by atoms with van der Waals surface area (Å²) in [7, 11) is 0. The van der Waals surface area contributed by atoms with Gasteiger partial charge in [-0.05, 0) is 41.8 Å². The molecule has 5 rings (SSSR count). The van der Waals surface area contributed by atoms with E-state index in [1.54, 1.807) is 18.2 Å². The molecule has 206 valence electrons. The molecule has 0 aliphatic carbocycles. The van der Waals surface area contributed by atoms with Gasteiger partial charge in [0.2, 0.25) is 6.79 Å². The number of fused-ring (bicyclic) bond motifs is 1. The monoisotopic (exact) mass is 536 g/mol. The Morgan fingerprint density at radius 1 is 0.921 bits per heavy atom. The molecule has 3 heterocycles. The number of benzene rings is 2. The Bertz CT molecular complexity index is 1160. The van der Waals surface area contributed by atoms with E-state index in [1.165, 1.54) is 0 Å². The van der Waals surface area contributed by atoms with Crippen molar-refractivity contribution >= 4 is 5.97 Å². The first-order chi connectivity index (χ1) is 18.2. The van der Waals surface area contributed by atoms with Crippen molar-refractivity contribution in [2.75, 3.05) is 20.0 Å². The topological polar surface area (TPSA) is 205 Å². The molecule has 0 unspecified atom stereocenters. The summed E-state index contributed by atoms with van der Waals surface area (Å²) in [5, 5.41) is 70.6. The SMILES string of the molecule is O=C1OC[C@H](Cc2ccc3c(c2)OCO3)[C@H]1[C@H](O[C@@H]1O[C@H](CO)[C@@H](O)[C@H](O)[C@H]1O)c1cc(O)c(O)c(O)c1. The minimum Gasteiger partial charge on any atom is -0.504 e. The number of ether oxygens (including phenoxy) is 5. The maximum Gasteiger partial charge on any atom is 0.312 e. The second kappa shape index (κ2) is 10.4. The molecule has 0 radical (unpaired) electrons. The van der Waals surface area contributed by atoms with E-state index < -0.39 is 78.5 Å².